The summed E-state index contributed by atoms with van der Waals surface area (Å²) < 4.78 is 7.50. The van der Waals surface area contributed by atoms with Gasteiger partial charge in [0, 0.05) is 25.4 Å². The zero-order chi connectivity index (χ0) is 15.1. The molecule has 0 saturated heterocycles. The molecule has 0 bridgehead atoms. The van der Waals surface area contributed by atoms with Crippen LogP contribution >= 0.6 is 12.4 Å². The molecule has 1 unspecified atom stereocenters. The fourth-order valence-corrected chi connectivity index (χ4v) is 2.77. The summed E-state index contributed by atoms with van der Waals surface area (Å²) in [6.45, 7) is 1.13. The molecule has 1 atom stereocenters. The number of ether oxygens (including phenoxy) is 1. The molecular weight excluding hydrogens is 304 g/mol. The Labute approximate surface area is 138 Å². The molecule has 0 spiro atoms. The standard InChI is InChI=1S/C15H26N4O2.ClH/c1-16-14(12-10-18-19(2)11-12)15(20)17-8-9-21-13-6-4-3-5-7-13;/h10-11,13-14,16H,3-9H2,1-2H3,(H,17,20);1H. The molecule has 0 radical (unpaired) electrons. The normalized spacial score (nSPS) is 16.8. The molecular formula is C15H27ClN4O2. The fraction of sp³-hybridized carbons (Fsp3) is 0.733. The van der Waals surface area contributed by atoms with Crippen molar-refractivity contribution in [1.82, 2.24) is 20.4 Å². The minimum atomic E-state index is -0.367. The van der Waals surface area contributed by atoms with Crippen LogP contribution in [0.15, 0.2) is 12.4 Å². The Bertz CT molecular complexity index is 447. The van der Waals surface area contributed by atoms with Gasteiger partial charge in [0.25, 0.3) is 0 Å². The topological polar surface area (TPSA) is 68.2 Å². The molecule has 1 saturated carbocycles. The van der Waals surface area contributed by atoms with Crippen molar-refractivity contribution in [2.75, 3.05) is 20.2 Å². The van der Waals surface area contributed by atoms with Gasteiger partial charge in [-0.05, 0) is 19.9 Å². The summed E-state index contributed by atoms with van der Waals surface area (Å²) in [4.78, 5) is 12.2. The average molecular weight is 331 g/mol. The van der Waals surface area contributed by atoms with Crippen molar-refractivity contribution in [2.24, 2.45) is 7.05 Å². The van der Waals surface area contributed by atoms with Crippen LogP contribution in [0.25, 0.3) is 0 Å². The van der Waals surface area contributed by atoms with E-state index in [-0.39, 0.29) is 24.4 Å². The molecule has 1 aliphatic carbocycles. The van der Waals surface area contributed by atoms with Gasteiger partial charge < -0.3 is 15.4 Å². The van der Waals surface area contributed by atoms with Gasteiger partial charge in [0.2, 0.25) is 5.91 Å². The molecule has 2 N–H and O–H groups in total. The molecule has 1 aromatic heterocycles. The number of hydrogen-bond donors (Lipinski definition) is 2. The van der Waals surface area contributed by atoms with Crippen molar-refractivity contribution in [1.29, 1.82) is 0 Å². The molecule has 22 heavy (non-hydrogen) atoms. The Balaban J connectivity index is 0.00000242. The van der Waals surface area contributed by atoms with Crippen LogP contribution in [0.4, 0.5) is 0 Å². The van der Waals surface area contributed by atoms with E-state index in [0.717, 1.165) is 18.4 Å². The van der Waals surface area contributed by atoms with Crippen LogP contribution in [0.5, 0.6) is 0 Å². The summed E-state index contributed by atoms with van der Waals surface area (Å²) in [7, 11) is 3.61. The molecule has 0 aromatic carbocycles. The third kappa shape index (κ3) is 5.59. The van der Waals surface area contributed by atoms with Crippen LogP contribution in [-0.4, -0.2) is 42.0 Å². The molecule has 1 amide bonds. The van der Waals surface area contributed by atoms with Crippen LogP contribution < -0.4 is 10.6 Å². The summed E-state index contributed by atoms with van der Waals surface area (Å²) >= 11 is 0. The van der Waals surface area contributed by atoms with E-state index in [2.05, 4.69) is 15.7 Å². The lowest BCUT2D eigenvalue weighted by Crippen LogP contribution is -2.38. The lowest BCUT2D eigenvalue weighted by atomic mass is 9.98. The molecule has 126 valence electrons. The van der Waals surface area contributed by atoms with E-state index in [1.165, 1.54) is 19.3 Å². The first-order valence-corrected chi connectivity index (χ1v) is 7.76. The van der Waals surface area contributed by atoms with E-state index in [1.807, 2.05) is 13.2 Å². The van der Waals surface area contributed by atoms with Crippen molar-refractivity contribution in [2.45, 2.75) is 44.2 Å². The second kappa shape index (κ2) is 9.82. The predicted molar refractivity (Wildman–Crippen MR) is 88.1 cm³/mol. The molecule has 1 fully saturated rings. The SMILES string of the molecule is CNC(C(=O)NCCOC1CCCCC1)c1cnn(C)c1.Cl. The van der Waals surface area contributed by atoms with Crippen LogP contribution in [0.2, 0.25) is 0 Å². The number of amides is 1. The molecule has 6 nitrogen and oxygen atoms in total. The zero-order valence-corrected chi connectivity index (χ0v) is 14.2. The number of nitrogens with zero attached hydrogens (tertiary/aromatic N) is 2. The van der Waals surface area contributed by atoms with Crippen molar-refractivity contribution >= 4 is 18.3 Å². The first-order valence-electron chi connectivity index (χ1n) is 7.76. The van der Waals surface area contributed by atoms with Gasteiger partial charge in [0.05, 0.1) is 18.9 Å². The van der Waals surface area contributed by atoms with Gasteiger partial charge in [0.1, 0.15) is 6.04 Å². The molecule has 1 heterocycles. The Morgan fingerprint density at radius 1 is 1.45 bits per heavy atom. The molecule has 1 aromatic rings. The van der Waals surface area contributed by atoms with E-state index in [9.17, 15) is 4.79 Å². The highest BCUT2D eigenvalue weighted by molar-refractivity contribution is 5.85. The number of hydrogen-bond acceptors (Lipinski definition) is 4. The largest absolute Gasteiger partial charge is 0.376 e. The van der Waals surface area contributed by atoms with Gasteiger partial charge in [-0.1, -0.05) is 19.3 Å². The Morgan fingerprint density at radius 2 is 2.18 bits per heavy atom. The van der Waals surface area contributed by atoms with Crippen molar-refractivity contribution in [3.05, 3.63) is 18.0 Å². The van der Waals surface area contributed by atoms with E-state index in [0.29, 0.717) is 19.3 Å². The number of aryl methyl sites for hydroxylation is 1. The lowest BCUT2D eigenvalue weighted by molar-refractivity contribution is -0.123. The van der Waals surface area contributed by atoms with Gasteiger partial charge in [-0.25, -0.2) is 0 Å². The average Bonchev–Trinajstić information content (AvgIpc) is 2.92. The molecule has 0 aliphatic heterocycles. The summed E-state index contributed by atoms with van der Waals surface area (Å²) in [5, 5.41) is 10.0. The Kier molecular flexibility index (Phi) is 8.45. The van der Waals surface area contributed by atoms with Crippen LogP contribution in [-0.2, 0) is 16.6 Å². The van der Waals surface area contributed by atoms with Crippen molar-refractivity contribution in [3.63, 3.8) is 0 Å². The lowest BCUT2D eigenvalue weighted by Gasteiger charge is -2.22. The maximum atomic E-state index is 12.2. The highest BCUT2D eigenvalue weighted by Crippen LogP contribution is 2.19. The maximum absolute atomic E-state index is 12.2. The molecule has 7 heteroatoms. The van der Waals surface area contributed by atoms with E-state index >= 15 is 0 Å². The highest BCUT2D eigenvalue weighted by Gasteiger charge is 2.20. The minimum Gasteiger partial charge on any atom is -0.376 e. The van der Waals surface area contributed by atoms with Crippen LogP contribution in [0.1, 0.15) is 43.7 Å². The number of carbonyl (C=O) groups excluding carboxylic acids is 1. The second-order valence-electron chi connectivity index (χ2n) is 5.59. The summed E-state index contributed by atoms with van der Waals surface area (Å²) in [6, 6.07) is -0.367. The van der Waals surface area contributed by atoms with E-state index in [4.69, 9.17) is 4.74 Å². The van der Waals surface area contributed by atoms with Crippen LogP contribution in [0.3, 0.4) is 0 Å². The number of likely N-dealkylation sites (N-methyl/N-ethyl adjacent to an activating group) is 1. The summed E-state index contributed by atoms with van der Waals surface area (Å²) in [6.07, 6.45) is 10.1. The van der Waals surface area contributed by atoms with Gasteiger partial charge in [-0.3, -0.25) is 9.48 Å². The first-order chi connectivity index (χ1) is 10.2. The fourth-order valence-electron chi connectivity index (χ4n) is 2.77. The van der Waals surface area contributed by atoms with Gasteiger partial charge in [-0.2, -0.15) is 5.10 Å². The molecule has 1 aliphatic rings. The van der Waals surface area contributed by atoms with Crippen molar-refractivity contribution in [3.8, 4) is 0 Å². The third-order valence-electron chi connectivity index (χ3n) is 3.92. The van der Waals surface area contributed by atoms with Crippen LogP contribution in [0, 0.1) is 0 Å². The smallest absolute Gasteiger partial charge is 0.241 e. The number of carbonyl (C=O) groups is 1. The number of halogens is 1. The number of nitrogens with one attached hydrogen (secondary N) is 2. The van der Waals surface area contributed by atoms with E-state index < -0.39 is 0 Å². The van der Waals surface area contributed by atoms with E-state index in [1.54, 1.807) is 17.9 Å². The predicted octanol–water partition coefficient (Wildman–Crippen LogP) is 1.57. The second-order valence-corrected chi connectivity index (χ2v) is 5.59. The number of rotatable bonds is 7. The zero-order valence-electron chi connectivity index (χ0n) is 13.4. The van der Waals surface area contributed by atoms with Gasteiger partial charge in [-0.15, -0.1) is 12.4 Å². The minimum absolute atomic E-state index is 0. The van der Waals surface area contributed by atoms with Gasteiger partial charge >= 0.3 is 0 Å². The maximum Gasteiger partial charge on any atom is 0.241 e. The number of aromatic nitrogens is 2. The molecule has 2 rings (SSSR count). The Hall–Kier alpha value is -1.11. The van der Waals surface area contributed by atoms with Gasteiger partial charge in [0.15, 0.2) is 0 Å². The quantitative estimate of drug-likeness (QED) is 0.745. The third-order valence-corrected chi connectivity index (χ3v) is 3.92. The summed E-state index contributed by atoms with van der Waals surface area (Å²) in [5.74, 6) is -0.0438. The summed E-state index contributed by atoms with van der Waals surface area (Å²) in [5.41, 5.74) is 0.866. The first kappa shape index (κ1) is 18.9. The monoisotopic (exact) mass is 330 g/mol. The Morgan fingerprint density at radius 3 is 2.77 bits per heavy atom. The highest BCUT2D eigenvalue weighted by atomic mass is 35.5. The van der Waals surface area contributed by atoms with Crippen molar-refractivity contribution < 1.29 is 9.53 Å².